The highest BCUT2D eigenvalue weighted by atomic mass is 16.5. The normalized spacial score (nSPS) is 30.6. The minimum atomic E-state index is -0.345. The summed E-state index contributed by atoms with van der Waals surface area (Å²) in [5.74, 6) is 0.0273. The Balaban J connectivity index is 1.65. The maximum atomic E-state index is 13.0. The lowest BCUT2D eigenvalue weighted by molar-refractivity contribution is -0.0824. The molecule has 2 fully saturated rings. The summed E-state index contributed by atoms with van der Waals surface area (Å²) >= 11 is 0. The molecule has 1 aliphatic carbocycles. The molecule has 5 nitrogen and oxygen atoms in total. The van der Waals surface area contributed by atoms with E-state index >= 15 is 0 Å². The number of aromatic amines is 1. The van der Waals surface area contributed by atoms with Crippen molar-refractivity contribution in [3.8, 4) is 0 Å². The molecule has 0 unspecified atom stereocenters. The number of rotatable bonds is 2. The number of H-pyrrole nitrogens is 1. The minimum absolute atomic E-state index is 0.0273. The smallest absolute Gasteiger partial charge is 0.254 e. The van der Waals surface area contributed by atoms with Gasteiger partial charge in [-0.15, -0.1) is 0 Å². The average Bonchev–Trinajstić information content (AvgIpc) is 3.18. The molecule has 2 N–H and O–H groups in total. The predicted octanol–water partition coefficient (Wildman–Crippen LogP) is 2.31. The molecule has 1 saturated heterocycles. The van der Waals surface area contributed by atoms with E-state index in [2.05, 4.69) is 4.98 Å². The van der Waals surface area contributed by atoms with Crippen molar-refractivity contribution < 1.29 is 14.6 Å². The number of nitrogens with one attached hydrogen (secondary N) is 1. The van der Waals surface area contributed by atoms with Crippen molar-refractivity contribution >= 4 is 16.8 Å². The number of methoxy groups -OCH3 is 1. The van der Waals surface area contributed by atoms with Gasteiger partial charge in [0.2, 0.25) is 0 Å². The number of aliphatic hydroxyl groups excluding tert-OH is 1. The third kappa shape index (κ3) is 2.26. The second-order valence-electron chi connectivity index (χ2n) is 6.74. The summed E-state index contributed by atoms with van der Waals surface area (Å²) in [7, 11) is 1.73. The maximum absolute atomic E-state index is 13.0. The first-order chi connectivity index (χ1) is 11.1. The fourth-order valence-electron chi connectivity index (χ4n) is 4.27. The number of aliphatic hydroxyl groups is 1. The quantitative estimate of drug-likeness (QED) is 0.894. The molecule has 3 atom stereocenters. The first-order valence-electron chi connectivity index (χ1n) is 8.24. The van der Waals surface area contributed by atoms with E-state index in [1.54, 1.807) is 7.11 Å². The Morgan fingerprint density at radius 3 is 3.09 bits per heavy atom. The van der Waals surface area contributed by atoms with Crippen LogP contribution in [0.15, 0.2) is 30.5 Å². The minimum Gasteiger partial charge on any atom is -0.393 e. The molecular formula is C18H22N2O3. The van der Waals surface area contributed by atoms with Crippen molar-refractivity contribution in [2.75, 3.05) is 13.7 Å². The number of benzene rings is 1. The molecule has 2 aromatic rings. The number of hydrogen-bond acceptors (Lipinski definition) is 3. The van der Waals surface area contributed by atoms with E-state index in [-0.39, 0.29) is 23.7 Å². The van der Waals surface area contributed by atoms with E-state index in [1.807, 2.05) is 35.4 Å². The molecule has 0 radical (unpaired) electrons. The molecule has 4 rings (SSSR count). The van der Waals surface area contributed by atoms with Gasteiger partial charge < -0.3 is 19.7 Å². The number of aromatic nitrogens is 1. The Morgan fingerprint density at radius 1 is 1.39 bits per heavy atom. The Kier molecular flexibility index (Phi) is 3.43. The molecule has 1 amide bonds. The third-order valence-electron chi connectivity index (χ3n) is 5.62. The Labute approximate surface area is 135 Å². The van der Waals surface area contributed by atoms with Crippen LogP contribution in [0.25, 0.3) is 10.9 Å². The Bertz CT molecular complexity index is 741. The SMILES string of the molecule is CO[C@@]12CC[C@H](O)C[C@@H]1N(C(=O)c1ccc3cc[nH]c3c1)CC2. The second-order valence-corrected chi connectivity index (χ2v) is 6.74. The Hall–Kier alpha value is -1.85. The fraction of sp³-hybridized carbons (Fsp3) is 0.500. The number of amides is 1. The van der Waals surface area contributed by atoms with Crippen molar-refractivity contribution in [2.45, 2.75) is 43.4 Å². The van der Waals surface area contributed by atoms with Crippen molar-refractivity contribution in [1.29, 1.82) is 0 Å². The number of ether oxygens (including phenoxy) is 1. The van der Waals surface area contributed by atoms with Gasteiger partial charge in [0.15, 0.2) is 0 Å². The van der Waals surface area contributed by atoms with E-state index < -0.39 is 0 Å². The molecule has 0 spiro atoms. The summed E-state index contributed by atoms with van der Waals surface area (Å²) in [6, 6.07) is 7.71. The zero-order chi connectivity index (χ0) is 16.0. The topological polar surface area (TPSA) is 65.6 Å². The summed E-state index contributed by atoms with van der Waals surface area (Å²) in [4.78, 5) is 18.1. The van der Waals surface area contributed by atoms with E-state index in [9.17, 15) is 9.90 Å². The second kappa shape index (κ2) is 5.35. The van der Waals surface area contributed by atoms with Crippen LogP contribution in [0.3, 0.4) is 0 Å². The van der Waals surface area contributed by atoms with Gasteiger partial charge in [-0.2, -0.15) is 0 Å². The first kappa shape index (κ1) is 14.7. The summed E-state index contributed by atoms with van der Waals surface area (Å²) in [5.41, 5.74) is 1.37. The van der Waals surface area contributed by atoms with Gasteiger partial charge in [-0.05, 0) is 49.3 Å². The number of hydrogen-bond donors (Lipinski definition) is 2. The lowest BCUT2D eigenvalue weighted by atomic mass is 9.79. The molecule has 23 heavy (non-hydrogen) atoms. The molecule has 2 heterocycles. The van der Waals surface area contributed by atoms with Crippen LogP contribution in [0.5, 0.6) is 0 Å². The molecule has 5 heteroatoms. The first-order valence-corrected chi connectivity index (χ1v) is 8.24. The van der Waals surface area contributed by atoms with Gasteiger partial charge in [-0.25, -0.2) is 0 Å². The van der Waals surface area contributed by atoms with Gasteiger partial charge in [0.1, 0.15) is 0 Å². The number of carbonyl (C=O) groups excluding carboxylic acids is 1. The number of carbonyl (C=O) groups is 1. The van der Waals surface area contributed by atoms with Crippen LogP contribution in [-0.4, -0.2) is 52.3 Å². The van der Waals surface area contributed by atoms with E-state index in [1.165, 1.54) is 0 Å². The summed E-state index contributed by atoms with van der Waals surface area (Å²) in [6.45, 7) is 0.687. The van der Waals surface area contributed by atoms with Crippen LogP contribution >= 0.6 is 0 Å². The molecule has 0 bridgehead atoms. The zero-order valence-electron chi connectivity index (χ0n) is 13.3. The van der Waals surface area contributed by atoms with Crippen LogP contribution in [0, 0.1) is 0 Å². The van der Waals surface area contributed by atoms with Gasteiger partial charge in [0.05, 0.1) is 17.7 Å². The average molecular weight is 314 g/mol. The summed E-state index contributed by atoms with van der Waals surface area (Å²) in [6.07, 6.45) is 4.54. The van der Waals surface area contributed by atoms with Crippen molar-refractivity contribution in [2.24, 2.45) is 0 Å². The molecule has 1 aromatic carbocycles. The van der Waals surface area contributed by atoms with Crippen molar-refractivity contribution in [3.05, 3.63) is 36.0 Å². The number of nitrogens with zero attached hydrogens (tertiary/aromatic N) is 1. The fourth-order valence-corrected chi connectivity index (χ4v) is 4.27. The number of likely N-dealkylation sites (tertiary alicyclic amines) is 1. The monoisotopic (exact) mass is 314 g/mol. The highest BCUT2D eigenvalue weighted by Crippen LogP contribution is 2.43. The van der Waals surface area contributed by atoms with Crippen LogP contribution < -0.4 is 0 Å². The summed E-state index contributed by atoms with van der Waals surface area (Å²) in [5, 5.41) is 11.2. The van der Waals surface area contributed by atoms with Gasteiger partial charge in [-0.1, -0.05) is 6.07 Å². The summed E-state index contributed by atoms with van der Waals surface area (Å²) < 4.78 is 5.81. The van der Waals surface area contributed by atoms with Crippen LogP contribution in [0.4, 0.5) is 0 Å². The van der Waals surface area contributed by atoms with Crippen molar-refractivity contribution in [3.63, 3.8) is 0 Å². The molecule has 1 aromatic heterocycles. The van der Waals surface area contributed by atoms with Crippen LogP contribution in [0.1, 0.15) is 36.0 Å². The molecule has 1 aliphatic heterocycles. The zero-order valence-corrected chi connectivity index (χ0v) is 13.3. The van der Waals surface area contributed by atoms with Gasteiger partial charge in [0, 0.05) is 30.9 Å². The molecule has 122 valence electrons. The van der Waals surface area contributed by atoms with Gasteiger partial charge >= 0.3 is 0 Å². The highest BCUT2D eigenvalue weighted by molar-refractivity contribution is 5.98. The Morgan fingerprint density at radius 2 is 2.26 bits per heavy atom. The maximum Gasteiger partial charge on any atom is 0.254 e. The van der Waals surface area contributed by atoms with E-state index in [4.69, 9.17) is 4.74 Å². The molecular weight excluding hydrogens is 292 g/mol. The highest BCUT2D eigenvalue weighted by Gasteiger charge is 2.52. The van der Waals surface area contributed by atoms with Gasteiger partial charge in [-0.3, -0.25) is 4.79 Å². The number of fused-ring (bicyclic) bond motifs is 2. The lowest BCUT2D eigenvalue weighted by Gasteiger charge is -2.42. The molecule has 1 saturated carbocycles. The van der Waals surface area contributed by atoms with E-state index in [0.717, 1.165) is 30.2 Å². The predicted molar refractivity (Wildman–Crippen MR) is 87.3 cm³/mol. The third-order valence-corrected chi connectivity index (χ3v) is 5.62. The van der Waals surface area contributed by atoms with E-state index in [0.29, 0.717) is 18.5 Å². The standard InChI is InChI=1S/C18H22N2O3/c1-23-18-6-4-14(21)11-16(18)20(9-7-18)17(22)13-3-2-12-5-8-19-15(12)10-13/h2-3,5,8,10,14,16,19,21H,4,6-7,9,11H2,1H3/t14-,16-,18+/m0/s1. The lowest BCUT2D eigenvalue weighted by Crippen LogP contribution is -2.52. The van der Waals surface area contributed by atoms with Crippen LogP contribution in [-0.2, 0) is 4.74 Å². The largest absolute Gasteiger partial charge is 0.393 e. The molecule has 2 aliphatic rings. The van der Waals surface area contributed by atoms with Crippen LogP contribution in [0.2, 0.25) is 0 Å². The van der Waals surface area contributed by atoms with Gasteiger partial charge in [0.25, 0.3) is 5.91 Å². The van der Waals surface area contributed by atoms with Crippen molar-refractivity contribution in [1.82, 2.24) is 9.88 Å².